The number of carbonyl (C=O) groups excluding carboxylic acids is 1. The van der Waals surface area contributed by atoms with Gasteiger partial charge < -0.3 is 16.6 Å². The van der Waals surface area contributed by atoms with Crippen LogP contribution in [0.15, 0.2) is 0 Å². The van der Waals surface area contributed by atoms with Gasteiger partial charge in [0.15, 0.2) is 0 Å². The Kier molecular flexibility index (Phi) is 4.49. The predicted octanol–water partition coefficient (Wildman–Crippen LogP) is -1.33. The molecule has 5 nitrogen and oxygen atoms in total. The third-order valence-electron chi connectivity index (χ3n) is 1.03. The first kappa shape index (κ1) is 10.5. The third-order valence-corrected chi connectivity index (χ3v) is 1.03. The van der Waals surface area contributed by atoms with E-state index in [2.05, 4.69) is 11.8 Å². The average molecular weight is 170 g/mol. The van der Waals surface area contributed by atoms with Gasteiger partial charge in [-0.1, -0.05) is 5.92 Å². The number of hydrogen-bond acceptors (Lipinski definition) is 3. The molecule has 0 aromatic rings. The van der Waals surface area contributed by atoms with E-state index in [9.17, 15) is 9.59 Å². The number of nitrogens with two attached hydrogens (primary N) is 2. The Morgan fingerprint density at radius 1 is 1.42 bits per heavy atom. The summed E-state index contributed by atoms with van der Waals surface area (Å²) in [7, 11) is 0. The highest BCUT2D eigenvalue weighted by molar-refractivity contribution is 5.76. The van der Waals surface area contributed by atoms with Crippen molar-refractivity contribution in [2.45, 2.75) is 18.9 Å². The summed E-state index contributed by atoms with van der Waals surface area (Å²) in [5.41, 5.74) is 9.90. The van der Waals surface area contributed by atoms with Gasteiger partial charge in [-0.2, -0.15) is 0 Å². The van der Waals surface area contributed by atoms with Gasteiger partial charge in [0.05, 0.1) is 6.42 Å². The molecule has 0 aliphatic heterocycles. The predicted molar refractivity (Wildman–Crippen MR) is 41.8 cm³/mol. The van der Waals surface area contributed by atoms with Crippen LogP contribution in [0, 0.1) is 11.8 Å². The minimum absolute atomic E-state index is 0.0304. The van der Waals surface area contributed by atoms with E-state index in [1.54, 1.807) is 0 Å². The molecule has 0 aromatic heterocycles. The molecule has 1 atom stereocenters. The lowest BCUT2D eigenvalue weighted by molar-refractivity contribution is -0.138. The summed E-state index contributed by atoms with van der Waals surface area (Å²) in [6, 6.07) is -0.995. The Morgan fingerprint density at radius 2 is 2.00 bits per heavy atom. The van der Waals surface area contributed by atoms with E-state index in [0.29, 0.717) is 0 Å². The van der Waals surface area contributed by atoms with E-state index < -0.39 is 17.9 Å². The van der Waals surface area contributed by atoms with Gasteiger partial charge in [-0.25, -0.2) is 0 Å². The molecule has 0 heterocycles. The number of hydrogen-bond donors (Lipinski definition) is 3. The molecule has 12 heavy (non-hydrogen) atoms. The van der Waals surface area contributed by atoms with Crippen molar-refractivity contribution in [3.63, 3.8) is 0 Å². The van der Waals surface area contributed by atoms with Crippen molar-refractivity contribution in [1.29, 1.82) is 0 Å². The zero-order valence-electron chi connectivity index (χ0n) is 6.41. The summed E-state index contributed by atoms with van der Waals surface area (Å²) >= 11 is 0. The van der Waals surface area contributed by atoms with Crippen LogP contribution >= 0.6 is 0 Å². The maximum Gasteiger partial charge on any atom is 0.321 e. The van der Waals surface area contributed by atoms with Crippen molar-refractivity contribution in [1.82, 2.24) is 0 Å². The lowest BCUT2D eigenvalue weighted by atomic mass is 10.2. The maximum absolute atomic E-state index is 10.2. The average Bonchev–Trinajstić information content (AvgIpc) is 1.97. The van der Waals surface area contributed by atoms with Crippen LogP contribution < -0.4 is 11.5 Å². The van der Waals surface area contributed by atoms with Crippen LogP contribution in [0.2, 0.25) is 0 Å². The summed E-state index contributed by atoms with van der Waals surface area (Å²) in [6.07, 6.45) is -0.0328. The van der Waals surface area contributed by atoms with E-state index in [4.69, 9.17) is 16.6 Å². The maximum atomic E-state index is 10.2. The Balaban J connectivity index is 3.71. The van der Waals surface area contributed by atoms with Crippen molar-refractivity contribution < 1.29 is 14.7 Å². The first-order valence-corrected chi connectivity index (χ1v) is 3.26. The summed E-state index contributed by atoms with van der Waals surface area (Å²) in [5, 5.41) is 8.31. The standard InChI is InChI=1S/C7H10N2O3/c8-5(7(11)12)3-1-2-4-6(9)10/h5H,3-4,8H2,(H2,9,10)(H,11,12)/t5-/m0/s1. The minimum atomic E-state index is -1.11. The van der Waals surface area contributed by atoms with Crippen LogP contribution in [0.5, 0.6) is 0 Å². The third kappa shape index (κ3) is 5.26. The van der Waals surface area contributed by atoms with Crippen LogP contribution in [-0.4, -0.2) is 23.0 Å². The number of primary amides is 1. The van der Waals surface area contributed by atoms with Crippen LogP contribution in [-0.2, 0) is 9.59 Å². The summed E-state index contributed by atoms with van der Waals surface area (Å²) in [6.45, 7) is 0. The van der Waals surface area contributed by atoms with Crippen LogP contribution in [0.1, 0.15) is 12.8 Å². The van der Waals surface area contributed by atoms with E-state index in [1.807, 2.05) is 0 Å². The lowest BCUT2D eigenvalue weighted by Crippen LogP contribution is -2.29. The van der Waals surface area contributed by atoms with Crippen molar-refractivity contribution in [3.05, 3.63) is 0 Å². The van der Waals surface area contributed by atoms with Crippen molar-refractivity contribution in [2.75, 3.05) is 0 Å². The number of carbonyl (C=O) groups is 2. The molecule has 0 aliphatic rings. The molecule has 0 aliphatic carbocycles. The van der Waals surface area contributed by atoms with Crippen LogP contribution in [0.4, 0.5) is 0 Å². The Bertz CT molecular complexity index is 239. The van der Waals surface area contributed by atoms with Gasteiger partial charge in [0.1, 0.15) is 6.04 Å². The van der Waals surface area contributed by atoms with E-state index in [1.165, 1.54) is 0 Å². The van der Waals surface area contributed by atoms with Gasteiger partial charge >= 0.3 is 5.97 Å². The molecule has 0 fully saturated rings. The number of carboxylic acid groups (broad SMARTS) is 1. The zero-order chi connectivity index (χ0) is 9.56. The van der Waals surface area contributed by atoms with E-state index in [-0.39, 0.29) is 12.8 Å². The van der Waals surface area contributed by atoms with Gasteiger partial charge in [-0.15, -0.1) is 5.92 Å². The fraction of sp³-hybridized carbons (Fsp3) is 0.429. The van der Waals surface area contributed by atoms with Crippen molar-refractivity contribution in [2.24, 2.45) is 11.5 Å². The number of rotatable bonds is 3. The number of amides is 1. The normalized spacial score (nSPS) is 11.1. The first-order valence-electron chi connectivity index (χ1n) is 3.26. The molecule has 5 heteroatoms. The summed E-state index contributed by atoms with van der Waals surface area (Å²) in [4.78, 5) is 20.3. The Hall–Kier alpha value is -1.54. The fourth-order valence-electron chi connectivity index (χ4n) is 0.419. The van der Waals surface area contributed by atoms with E-state index in [0.717, 1.165) is 0 Å². The van der Waals surface area contributed by atoms with Gasteiger partial charge in [0.2, 0.25) is 5.91 Å². The fourth-order valence-corrected chi connectivity index (χ4v) is 0.419. The van der Waals surface area contributed by atoms with Gasteiger partial charge in [0, 0.05) is 6.42 Å². The molecule has 5 N–H and O–H groups in total. The molecule has 66 valence electrons. The molecule has 0 spiro atoms. The smallest absolute Gasteiger partial charge is 0.321 e. The molecule has 0 rings (SSSR count). The SMILES string of the molecule is NC(=O)CC#CC[C@H](N)C(=O)O. The lowest BCUT2D eigenvalue weighted by Gasteiger charge is -1.97. The summed E-state index contributed by atoms with van der Waals surface area (Å²) in [5.74, 6) is 3.20. The highest BCUT2D eigenvalue weighted by atomic mass is 16.4. The second-order valence-electron chi connectivity index (χ2n) is 2.15. The second-order valence-corrected chi connectivity index (χ2v) is 2.15. The van der Waals surface area contributed by atoms with Gasteiger partial charge in [-0.05, 0) is 0 Å². The molecular weight excluding hydrogens is 160 g/mol. The van der Waals surface area contributed by atoms with Gasteiger partial charge in [0.25, 0.3) is 0 Å². The monoisotopic (exact) mass is 170 g/mol. The highest BCUT2D eigenvalue weighted by Gasteiger charge is 2.07. The van der Waals surface area contributed by atoms with Crippen LogP contribution in [0.25, 0.3) is 0 Å². The quantitative estimate of drug-likeness (QED) is 0.456. The Morgan fingerprint density at radius 3 is 2.42 bits per heavy atom. The molecule has 0 unspecified atom stereocenters. The Labute approximate surface area is 69.7 Å². The molecule has 0 bridgehead atoms. The molecular formula is C7H10N2O3. The van der Waals surface area contributed by atoms with Crippen molar-refractivity contribution in [3.8, 4) is 11.8 Å². The second kappa shape index (κ2) is 5.16. The molecule has 0 saturated carbocycles. The number of carboxylic acids is 1. The molecule has 0 radical (unpaired) electrons. The topological polar surface area (TPSA) is 106 Å². The molecule has 0 saturated heterocycles. The zero-order valence-corrected chi connectivity index (χ0v) is 6.41. The van der Waals surface area contributed by atoms with E-state index >= 15 is 0 Å². The highest BCUT2D eigenvalue weighted by Crippen LogP contribution is 1.85. The van der Waals surface area contributed by atoms with Crippen LogP contribution in [0.3, 0.4) is 0 Å². The first-order chi connectivity index (χ1) is 5.54. The summed E-state index contributed by atoms with van der Waals surface area (Å²) < 4.78 is 0. The molecule has 1 amide bonds. The largest absolute Gasteiger partial charge is 0.480 e. The molecule has 0 aromatic carbocycles. The van der Waals surface area contributed by atoms with Gasteiger partial charge in [-0.3, -0.25) is 9.59 Å². The minimum Gasteiger partial charge on any atom is -0.480 e. The van der Waals surface area contributed by atoms with Crippen molar-refractivity contribution >= 4 is 11.9 Å². The number of aliphatic carboxylic acids is 1.